The van der Waals surface area contributed by atoms with Crippen LogP contribution >= 0.6 is 0 Å². The minimum absolute atomic E-state index is 0.0145. The molecule has 7 atom stereocenters. The van der Waals surface area contributed by atoms with Crippen LogP contribution in [0.15, 0.2) is 102 Å². The molecule has 0 spiro atoms. The van der Waals surface area contributed by atoms with Gasteiger partial charge in [-0.1, -0.05) is 66.5 Å². The van der Waals surface area contributed by atoms with Crippen molar-refractivity contribution in [3.05, 3.63) is 118 Å². The van der Waals surface area contributed by atoms with Crippen LogP contribution in [0.4, 0.5) is 10.5 Å². The number of nitrogens with zero attached hydrogens (tertiary/aromatic N) is 3. The third-order valence-electron chi connectivity index (χ3n) is 12.3. The number of nitro benzene ring substituents is 1. The summed E-state index contributed by atoms with van der Waals surface area (Å²) in [5.41, 5.74) is 3.13. The van der Waals surface area contributed by atoms with E-state index in [2.05, 4.69) is 12.7 Å². The number of hydrogen-bond donors (Lipinski definition) is 2. The SMILES string of the molecule is C=CCOC12Oc3ccc(Oc4cccc([N+](=O)[O-])c4)cc3C3C(CCCCO)C(CCCCO)C=C(C(=NOC4CCCCO4)CC1N(C)C(=O)OCc1ccccc1)C32. The van der Waals surface area contributed by atoms with Gasteiger partial charge in [0, 0.05) is 50.7 Å². The molecule has 2 aliphatic carbocycles. The average Bonchev–Trinajstić information content (AvgIpc) is 3.28. The molecule has 0 aromatic heterocycles. The molecule has 7 unspecified atom stereocenters. The zero-order chi connectivity index (χ0) is 42.8. The number of hydrogen-bond acceptors (Lipinski definition) is 12. The number of nitro groups is 1. The van der Waals surface area contributed by atoms with Crippen LogP contribution in [0, 0.1) is 27.9 Å². The Kier molecular flexibility index (Phi) is 14.7. The van der Waals surface area contributed by atoms with Crippen molar-refractivity contribution in [1.29, 1.82) is 0 Å². The van der Waals surface area contributed by atoms with Gasteiger partial charge in [0.2, 0.25) is 12.1 Å². The lowest BCUT2D eigenvalue weighted by molar-refractivity contribution is -0.384. The fourth-order valence-corrected chi connectivity index (χ4v) is 9.45. The number of carbonyl (C=O) groups is 1. The highest BCUT2D eigenvalue weighted by Gasteiger charge is 2.65. The molecular weight excluding hydrogens is 783 g/mol. The topological polar surface area (TPSA) is 172 Å². The van der Waals surface area contributed by atoms with E-state index in [0.29, 0.717) is 48.8 Å². The molecule has 2 fully saturated rings. The molecule has 1 saturated carbocycles. The number of allylic oxidation sites excluding steroid dienone is 1. The number of non-ortho nitro benzene ring substituents is 1. The number of oxime groups is 1. The fraction of sp³-hybridized carbons (Fsp3) is 0.489. The summed E-state index contributed by atoms with van der Waals surface area (Å²) in [7, 11) is 1.69. The zero-order valence-electron chi connectivity index (χ0n) is 34.8. The monoisotopic (exact) mass is 839 g/mol. The summed E-state index contributed by atoms with van der Waals surface area (Å²) >= 11 is 0. The third kappa shape index (κ3) is 9.94. The van der Waals surface area contributed by atoms with Crippen LogP contribution in [0.3, 0.4) is 0 Å². The van der Waals surface area contributed by atoms with E-state index in [9.17, 15) is 25.1 Å². The largest absolute Gasteiger partial charge is 0.459 e. The van der Waals surface area contributed by atoms with Crippen molar-refractivity contribution in [1.82, 2.24) is 4.90 Å². The second-order valence-corrected chi connectivity index (χ2v) is 16.2. The lowest BCUT2D eigenvalue weighted by Crippen LogP contribution is -2.69. The lowest BCUT2D eigenvalue weighted by atomic mass is 9.55. The van der Waals surface area contributed by atoms with Crippen molar-refractivity contribution in [2.75, 3.05) is 33.5 Å². The molecule has 2 aliphatic heterocycles. The molecule has 0 bridgehead atoms. The van der Waals surface area contributed by atoms with Gasteiger partial charge in [0.05, 0.1) is 35.8 Å². The molecule has 7 rings (SSSR count). The quantitative estimate of drug-likeness (QED) is 0.0512. The summed E-state index contributed by atoms with van der Waals surface area (Å²) in [5, 5.41) is 36.3. The first-order chi connectivity index (χ1) is 29.8. The highest BCUT2D eigenvalue weighted by atomic mass is 16.8. The minimum Gasteiger partial charge on any atom is -0.459 e. The van der Waals surface area contributed by atoms with Crippen molar-refractivity contribution in [2.24, 2.45) is 22.9 Å². The maximum absolute atomic E-state index is 14.2. The van der Waals surface area contributed by atoms with Crippen molar-refractivity contribution < 1.29 is 48.5 Å². The molecule has 3 aromatic carbocycles. The van der Waals surface area contributed by atoms with Gasteiger partial charge >= 0.3 is 6.09 Å². The molecular formula is C47H57N3O11. The van der Waals surface area contributed by atoms with E-state index in [1.165, 1.54) is 12.1 Å². The van der Waals surface area contributed by atoms with Gasteiger partial charge in [-0.2, -0.15) is 0 Å². The molecule has 2 heterocycles. The number of rotatable bonds is 19. The van der Waals surface area contributed by atoms with Crippen LogP contribution in [0.1, 0.15) is 81.3 Å². The van der Waals surface area contributed by atoms with E-state index >= 15 is 0 Å². The Morgan fingerprint density at radius 3 is 2.54 bits per heavy atom. The molecule has 3 aromatic rings. The molecule has 14 nitrogen and oxygen atoms in total. The smallest absolute Gasteiger partial charge is 0.410 e. The van der Waals surface area contributed by atoms with Crippen molar-refractivity contribution in [3.8, 4) is 17.2 Å². The Bertz CT molecular complexity index is 2040. The van der Waals surface area contributed by atoms with E-state index in [-0.39, 0.29) is 56.3 Å². The second-order valence-electron chi connectivity index (χ2n) is 16.2. The van der Waals surface area contributed by atoms with Crippen molar-refractivity contribution in [2.45, 2.75) is 94.9 Å². The lowest BCUT2D eigenvalue weighted by Gasteiger charge is -2.59. The molecule has 61 heavy (non-hydrogen) atoms. The average molecular weight is 840 g/mol. The third-order valence-corrected chi connectivity index (χ3v) is 12.3. The first kappa shape index (κ1) is 43.8. The Hall–Kier alpha value is -5.28. The summed E-state index contributed by atoms with van der Waals surface area (Å²) in [6, 6.07) is 20.3. The van der Waals surface area contributed by atoms with Crippen LogP contribution in [0.5, 0.6) is 17.2 Å². The number of unbranched alkanes of at least 4 members (excludes halogenated alkanes) is 2. The summed E-state index contributed by atoms with van der Waals surface area (Å²) in [6.45, 7) is 4.87. The van der Waals surface area contributed by atoms with E-state index in [1.807, 2.05) is 42.5 Å². The molecule has 2 N–H and O–H groups in total. The number of benzene rings is 3. The predicted molar refractivity (Wildman–Crippen MR) is 227 cm³/mol. The van der Waals surface area contributed by atoms with Gasteiger partial charge in [0.1, 0.15) is 29.9 Å². The van der Waals surface area contributed by atoms with E-state index in [4.69, 9.17) is 33.7 Å². The predicted octanol–water partition coefficient (Wildman–Crippen LogP) is 8.82. The molecule has 0 radical (unpaired) electrons. The van der Waals surface area contributed by atoms with Crippen molar-refractivity contribution >= 4 is 17.5 Å². The minimum atomic E-state index is -1.47. The number of aliphatic hydroxyl groups is 2. The van der Waals surface area contributed by atoms with Gasteiger partial charge in [-0.25, -0.2) is 4.79 Å². The first-order valence-electron chi connectivity index (χ1n) is 21.5. The molecule has 4 aliphatic rings. The molecule has 1 amide bonds. The van der Waals surface area contributed by atoms with Gasteiger partial charge in [-0.15, -0.1) is 6.58 Å². The van der Waals surface area contributed by atoms with Crippen LogP contribution in [-0.2, 0) is 25.7 Å². The molecule has 1 saturated heterocycles. The van der Waals surface area contributed by atoms with Crippen LogP contribution < -0.4 is 9.47 Å². The highest BCUT2D eigenvalue weighted by molar-refractivity contribution is 6.03. The second kappa shape index (κ2) is 20.5. The van der Waals surface area contributed by atoms with Gasteiger partial charge in [0.25, 0.3) is 5.69 Å². The standard InChI is InChI=1S/C47H57N3O11/c1-3-25-58-47-42(49(2)46(53)57-31-32-14-5-4-6-15-32)30-40(48-61-43-20-9-12-26-56-43)38-27-33(16-7-10-23-51)37(19-8-11-24-52)44(45(38)47)39-29-36(21-22-41(39)60-47)59-35-18-13-17-34(28-35)50(54)55/h3-6,13-15,17-18,21-22,27-29,33,37,42-45,51-52H,1,7-12,16,19-20,23-26,30-31H2,2H3. The summed E-state index contributed by atoms with van der Waals surface area (Å²) in [6.07, 6.45) is 10.0. The Balaban J connectivity index is 1.38. The summed E-state index contributed by atoms with van der Waals surface area (Å²) in [4.78, 5) is 33.1. The normalized spacial score (nSPS) is 25.9. The Morgan fingerprint density at radius 1 is 1.02 bits per heavy atom. The van der Waals surface area contributed by atoms with Gasteiger partial charge < -0.3 is 43.6 Å². The highest BCUT2D eigenvalue weighted by Crippen LogP contribution is 2.62. The van der Waals surface area contributed by atoms with Crippen LogP contribution in [0.2, 0.25) is 0 Å². The van der Waals surface area contributed by atoms with Crippen LogP contribution in [-0.4, -0.2) is 83.4 Å². The number of carbonyl (C=O) groups excluding carboxylic acids is 1. The Labute approximate surface area is 356 Å². The van der Waals surface area contributed by atoms with E-state index in [1.54, 1.807) is 36.2 Å². The molecule has 326 valence electrons. The van der Waals surface area contributed by atoms with Gasteiger partial charge in [-0.3, -0.25) is 10.1 Å². The summed E-state index contributed by atoms with van der Waals surface area (Å²) < 4.78 is 32.4. The number of ether oxygens (including phenoxy) is 5. The maximum atomic E-state index is 14.2. The fourth-order valence-electron chi connectivity index (χ4n) is 9.45. The number of likely N-dealkylation sites (N-methyl/N-ethyl adjacent to an activating group) is 1. The number of amides is 1. The van der Waals surface area contributed by atoms with Crippen molar-refractivity contribution in [3.63, 3.8) is 0 Å². The first-order valence-corrected chi connectivity index (χ1v) is 21.5. The Morgan fingerprint density at radius 2 is 1.80 bits per heavy atom. The summed E-state index contributed by atoms with van der Waals surface area (Å²) in [5.74, 6) is -0.984. The van der Waals surface area contributed by atoms with Gasteiger partial charge in [0.15, 0.2) is 0 Å². The van der Waals surface area contributed by atoms with Crippen LogP contribution in [0.25, 0.3) is 0 Å². The van der Waals surface area contributed by atoms with Gasteiger partial charge in [-0.05, 0) is 85.8 Å². The van der Waals surface area contributed by atoms with E-state index in [0.717, 1.165) is 55.2 Å². The maximum Gasteiger partial charge on any atom is 0.410 e. The zero-order valence-corrected chi connectivity index (χ0v) is 34.8. The van der Waals surface area contributed by atoms with E-state index < -0.39 is 35.1 Å². The molecule has 14 heteroatoms. The number of aliphatic hydroxyl groups excluding tert-OH is 2. The number of fused-ring (bicyclic) bond motifs is 2.